The van der Waals surface area contributed by atoms with Gasteiger partial charge in [-0.05, 0) is 31.4 Å². The second kappa shape index (κ2) is 9.14. The molecule has 8 heteroatoms. The SMILES string of the molecule is N#Cc1ccc(-c2csc(CNC(=O)COC(=O)N3CCCCC3)n2)cc1. The van der Waals surface area contributed by atoms with E-state index in [1.165, 1.54) is 11.3 Å². The molecule has 0 aliphatic carbocycles. The summed E-state index contributed by atoms with van der Waals surface area (Å²) in [6, 6.07) is 9.25. The number of nitriles is 1. The number of piperidine rings is 1. The molecule has 0 unspecified atom stereocenters. The summed E-state index contributed by atoms with van der Waals surface area (Å²) in [5, 5.41) is 14.2. The van der Waals surface area contributed by atoms with E-state index in [2.05, 4.69) is 16.4 Å². The van der Waals surface area contributed by atoms with Gasteiger partial charge >= 0.3 is 6.09 Å². The van der Waals surface area contributed by atoms with Crippen molar-refractivity contribution in [1.29, 1.82) is 5.26 Å². The fraction of sp³-hybridized carbons (Fsp3) is 0.368. The molecule has 1 aromatic carbocycles. The van der Waals surface area contributed by atoms with Crippen molar-refractivity contribution in [2.24, 2.45) is 0 Å². The van der Waals surface area contributed by atoms with E-state index in [-0.39, 0.29) is 19.1 Å². The summed E-state index contributed by atoms with van der Waals surface area (Å²) in [7, 11) is 0. The van der Waals surface area contributed by atoms with Gasteiger partial charge in [0.2, 0.25) is 0 Å². The third kappa shape index (κ3) is 5.28. The number of benzene rings is 1. The molecule has 2 heterocycles. The Labute approximate surface area is 161 Å². The van der Waals surface area contributed by atoms with Crippen molar-refractivity contribution in [3.8, 4) is 17.3 Å². The molecule has 1 aromatic heterocycles. The number of thiazole rings is 1. The quantitative estimate of drug-likeness (QED) is 0.855. The third-order valence-electron chi connectivity index (χ3n) is 4.24. The Hall–Kier alpha value is -2.92. The number of nitrogens with zero attached hydrogens (tertiary/aromatic N) is 3. The van der Waals surface area contributed by atoms with Crippen LogP contribution in [0.25, 0.3) is 11.3 Å². The number of carbonyl (C=O) groups is 2. The van der Waals surface area contributed by atoms with E-state index in [4.69, 9.17) is 10.00 Å². The van der Waals surface area contributed by atoms with Crippen LogP contribution in [-0.4, -0.2) is 41.6 Å². The number of likely N-dealkylation sites (tertiary alicyclic amines) is 1. The van der Waals surface area contributed by atoms with E-state index in [1.807, 2.05) is 17.5 Å². The second-order valence-corrected chi connectivity index (χ2v) is 7.14. The summed E-state index contributed by atoms with van der Waals surface area (Å²) in [5.41, 5.74) is 2.31. The van der Waals surface area contributed by atoms with Gasteiger partial charge in [0.25, 0.3) is 5.91 Å². The highest BCUT2D eigenvalue weighted by Crippen LogP contribution is 2.22. The van der Waals surface area contributed by atoms with Gasteiger partial charge < -0.3 is 15.0 Å². The molecule has 27 heavy (non-hydrogen) atoms. The first-order valence-corrected chi connectivity index (χ1v) is 9.67. The lowest BCUT2D eigenvalue weighted by Crippen LogP contribution is -2.38. The first-order chi connectivity index (χ1) is 13.2. The second-order valence-electron chi connectivity index (χ2n) is 6.19. The molecule has 1 N–H and O–H groups in total. The van der Waals surface area contributed by atoms with Gasteiger partial charge in [-0.2, -0.15) is 5.26 Å². The summed E-state index contributed by atoms with van der Waals surface area (Å²) >= 11 is 1.44. The Balaban J connectivity index is 1.44. The number of hydrogen-bond acceptors (Lipinski definition) is 6. The third-order valence-corrected chi connectivity index (χ3v) is 5.09. The van der Waals surface area contributed by atoms with Crippen LogP contribution in [0.3, 0.4) is 0 Å². The van der Waals surface area contributed by atoms with Gasteiger partial charge in [-0.25, -0.2) is 9.78 Å². The maximum Gasteiger partial charge on any atom is 0.410 e. The van der Waals surface area contributed by atoms with Crippen molar-refractivity contribution >= 4 is 23.3 Å². The maximum atomic E-state index is 11.9. The molecular weight excluding hydrogens is 364 g/mol. The summed E-state index contributed by atoms with van der Waals surface area (Å²) in [5.74, 6) is -0.351. The summed E-state index contributed by atoms with van der Waals surface area (Å²) in [6.45, 7) is 1.37. The molecule has 2 amide bonds. The normalized spacial score (nSPS) is 13.7. The predicted molar refractivity (Wildman–Crippen MR) is 101 cm³/mol. The van der Waals surface area contributed by atoms with Crippen LogP contribution in [0.1, 0.15) is 29.8 Å². The van der Waals surface area contributed by atoms with Crippen molar-refractivity contribution in [3.05, 3.63) is 40.2 Å². The van der Waals surface area contributed by atoms with Gasteiger partial charge in [-0.3, -0.25) is 4.79 Å². The molecule has 1 aliphatic heterocycles. The minimum Gasteiger partial charge on any atom is -0.439 e. The van der Waals surface area contributed by atoms with E-state index in [0.717, 1.165) is 35.5 Å². The molecule has 3 rings (SSSR count). The van der Waals surface area contributed by atoms with Crippen LogP contribution in [0.2, 0.25) is 0 Å². The van der Waals surface area contributed by atoms with Crippen LogP contribution in [0, 0.1) is 11.3 Å². The Bertz CT molecular complexity index is 835. The molecule has 7 nitrogen and oxygen atoms in total. The van der Waals surface area contributed by atoms with Gasteiger partial charge in [0.05, 0.1) is 23.9 Å². The first kappa shape index (κ1) is 18.9. The fourth-order valence-corrected chi connectivity index (χ4v) is 3.50. The number of amides is 2. The zero-order valence-electron chi connectivity index (χ0n) is 14.8. The summed E-state index contributed by atoms with van der Waals surface area (Å²) in [4.78, 5) is 29.9. The van der Waals surface area contributed by atoms with Crippen LogP contribution in [0.15, 0.2) is 29.6 Å². The highest BCUT2D eigenvalue weighted by Gasteiger charge is 2.18. The number of rotatable bonds is 5. The molecule has 0 saturated carbocycles. The summed E-state index contributed by atoms with van der Waals surface area (Å²) < 4.78 is 5.06. The van der Waals surface area contributed by atoms with Crippen molar-refractivity contribution < 1.29 is 14.3 Å². The number of aromatic nitrogens is 1. The lowest BCUT2D eigenvalue weighted by atomic mass is 10.1. The first-order valence-electron chi connectivity index (χ1n) is 8.79. The van der Waals surface area contributed by atoms with Gasteiger partial charge in [0.15, 0.2) is 6.61 Å². The average molecular weight is 384 g/mol. The molecule has 0 bridgehead atoms. The summed E-state index contributed by atoms with van der Waals surface area (Å²) in [6.07, 6.45) is 2.66. The van der Waals surface area contributed by atoms with Crippen molar-refractivity contribution in [1.82, 2.24) is 15.2 Å². The van der Waals surface area contributed by atoms with E-state index < -0.39 is 6.09 Å². The molecule has 0 atom stereocenters. The monoisotopic (exact) mass is 384 g/mol. The molecule has 0 spiro atoms. The highest BCUT2D eigenvalue weighted by atomic mass is 32.1. The standard InChI is InChI=1S/C19H20N4O3S/c20-10-14-4-6-15(7-5-14)16-13-27-18(22-16)11-21-17(24)12-26-19(25)23-8-2-1-3-9-23/h4-7,13H,1-3,8-9,11-12H2,(H,21,24). The number of carbonyl (C=O) groups excluding carboxylic acids is 2. The topological polar surface area (TPSA) is 95.3 Å². The Morgan fingerprint density at radius 2 is 1.96 bits per heavy atom. The lowest BCUT2D eigenvalue weighted by molar-refractivity contribution is -0.124. The fourth-order valence-electron chi connectivity index (χ4n) is 2.76. The average Bonchev–Trinajstić information content (AvgIpc) is 3.20. The lowest BCUT2D eigenvalue weighted by Gasteiger charge is -2.25. The van der Waals surface area contributed by atoms with Crippen molar-refractivity contribution in [2.45, 2.75) is 25.8 Å². The molecular formula is C19H20N4O3S. The van der Waals surface area contributed by atoms with E-state index in [0.29, 0.717) is 18.7 Å². The van der Waals surface area contributed by atoms with Gasteiger partial charge in [0, 0.05) is 24.0 Å². The minimum absolute atomic E-state index is 0.279. The molecule has 140 valence electrons. The highest BCUT2D eigenvalue weighted by molar-refractivity contribution is 7.09. The molecule has 1 aliphatic rings. The smallest absolute Gasteiger partial charge is 0.410 e. The van der Waals surface area contributed by atoms with Gasteiger partial charge in [-0.1, -0.05) is 12.1 Å². The largest absolute Gasteiger partial charge is 0.439 e. The van der Waals surface area contributed by atoms with Gasteiger partial charge in [0.1, 0.15) is 5.01 Å². The maximum absolute atomic E-state index is 11.9. The molecule has 1 fully saturated rings. The molecule has 0 radical (unpaired) electrons. The molecule has 1 saturated heterocycles. The van der Waals surface area contributed by atoms with E-state index >= 15 is 0 Å². The van der Waals surface area contributed by atoms with Crippen LogP contribution in [-0.2, 0) is 16.1 Å². The number of nitrogens with one attached hydrogen (secondary N) is 1. The van der Waals surface area contributed by atoms with Crippen molar-refractivity contribution in [3.63, 3.8) is 0 Å². The van der Waals surface area contributed by atoms with Gasteiger partial charge in [-0.15, -0.1) is 11.3 Å². The molecule has 2 aromatic rings. The Morgan fingerprint density at radius 1 is 1.22 bits per heavy atom. The van der Waals surface area contributed by atoms with Crippen LogP contribution in [0.4, 0.5) is 4.79 Å². The minimum atomic E-state index is -0.429. The number of hydrogen-bond donors (Lipinski definition) is 1. The Kier molecular flexibility index (Phi) is 6.39. The Morgan fingerprint density at radius 3 is 2.67 bits per heavy atom. The van der Waals surface area contributed by atoms with E-state index in [9.17, 15) is 9.59 Å². The zero-order valence-corrected chi connectivity index (χ0v) is 15.6. The van der Waals surface area contributed by atoms with Crippen LogP contribution >= 0.6 is 11.3 Å². The van der Waals surface area contributed by atoms with Crippen LogP contribution < -0.4 is 5.32 Å². The van der Waals surface area contributed by atoms with Crippen molar-refractivity contribution in [2.75, 3.05) is 19.7 Å². The predicted octanol–water partition coefficient (Wildman–Crippen LogP) is 2.92. The van der Waals surface area contributed by atoms with E-state index in [1.54, 1.807) is 17.0 Å². The van der Waals surface area contributed by atoms with Crippen LogP contribution in [0.5, 0.6) is 0 Å². The number of ether oxygens (including phenoxy) is 1. The zero-order chi connectivity index (χ0) is 19.1.